The fraction of sp³-hybridized carbons (Fsp3) is 0.333. The number of aromatic nitrogens is 1. The quantitative estimate of drug-likeness (QED) is 0.827. The molecule has 1 unspecified atom stereocenters. The molecule has 0 aliphatic carbocycles. The summed E-state index contributed by atoms with van der Waals surface area (Å²) in [4.78, 5) is 16.3. The fourth-order valence-electron chi connectivity index (χ4n) is 2.40. The van der Waals surface area contributed by atoms with Crippen molar-refractivity contribution < 1.29 is 19.0 Å². The number of pyridine rings is 1. The molecule has 2 aromatic rings. The highest BCUT2D eigenvalue weighted by atomic mass is 16.5. The minimum absolute atomic E-state index is 0.121. The van der Waals surface area contributed by atoms with Crippen LogP contribution in [-0.4, -0.2) is 43.8 Å². The van der Waals surface area contributed by atoms with Crippen LogP contribution in [0.2, 0.25) is 0 Å². The monoisotopic (exact) mass is 343 g/mol. The number of carbonyl (C=O) groups excluding carboxylic acids is 1. The second kappa shape index (κ2) is 8.46. The summed E-state index contributed by atoms with van der Waals surface area (Å²) in [5.41, 5.74) is 0.884. The maximum Gasteiger partial charge on any atom is 0.250 e. The minimum atomic E-state index is -0.433. The summed E-state index contributed by atoms with van der Waals surface area (Å²) >= 11 is 0. The molecule has 7 nitrogen and oxygen atoms in total. The van der Waals surface area contributed by atoms with E-state index in [2.05, 4.69) is 15.6 Å². The van der Waals surface area contributed by atoms with Gasteiger partial charge in [0.2, 0.25) is 5.88 Å². The molecule has 7 heteroatoms. The molecule has 0 saturated carbocycles. The molecule has 1 amide bonds. The maximum absolute atomic E-state index is 12.0. The molecule has 132 valence electrons. The van der Waals surface area contributed by atoms with Crippen LogP contribution in [0.25, 0.3) is 0 Å². The van der Waals surface area contributed by atoms with Crippen molar-refractivity contribution in [1.82, 2.24) is 15.6 Å². The number of rotatable bonds is 6. The van der Waals surface area contributed by atoms with Gasteiger partial charge in [0.15, 0.2) is 0 Å². The fourth-order valence-corrected chi connectivity index (χ4v) is 2.40. The predicted octanol–water partition coefficient (Wildman–Crippen LogP) is 1.49. The number of morpholine rings is 1. The van der Waals surface area contributed by atoms with E-state index in [1.165, 1.54) is 0 Å². The largest absolute Gasteiger partial charge is 0.497 e. The Hall–Kier alpha value is -2.64. The second-order valence-corrected chi connectivity index (χ2v) is 5.57. The van der Waals surface area contributed by atoms with Crippen LogP contribution in [0.5, 0.6) is 17.4 Å². The lowest BCUT2D eigenvalue weighted by Gasteiger charge is -2.22. The van der Waals surface area contributed by atoms with Gasteiger partial charge >= 0.3 is 0 Å². The molecule has 3 rings (SSSR count). The van der Waals surface area contributed by atoms with Crippen molar-refractivity contribution in [2.24, 2.45) is 0 Å². The Morgan fingerprint density at radius 3 is 2.96 bits per heavy atom. The number of hydrogen-bond acceptors (Lipinski definition) is 6. The average molecular weight is 343 g/mol. The number of amides is 1. The molecule has 1 saturated heterocycles. The van der Waals surface area contributed by atoms with Crippen LogP contribution in [0.15, 0.2) is 42.6 Å². The molecule has 1 atom stereocenters. The summed E-state index contributed by atoms with van der Waals surface area (Å²) in [5, 5.41) is 5.98. The normalized spacial score (nSPS) is 16.9. The van der Waals surface area contributed by atoms with Gasteiger partial charge in [-0.25, -0.2) is 4.98 Å². The SMILES string of the molecule is COc1cccc(Oc2ccc(CNC(=O)C3CNCCO3)cn2)c1. The van der Waals surface area contributed by atoms with E-state index in [4.69, 9.17) is 14.2 Å². The van der Waals surface area contributed by atoms with Gasteiger partial charge in [0.1, 0.15) is 17.6 Å². The van der Waals surface area contributed by atoms with Gasteiger partial charge in [-0.15, -0.1) is 0 Å². The highest BCUT2D eigenvalue weighted by Gasteiger charge is 2.21. The van der Waals surface area contributed by atoms with E-state index in [-0.39, 0.29) is 5.91 Å². The van der Waals surface area contributed by atoms with Crippen molar-refractivity contribution in [3.8, 4) is 17.4 Å². The number of nitrogens with one attached hydrogen (secondary N) is 2. The minimum Gasteiger partial charge on any atom is -0.497 e. The summed E-state index contributed by atoms with van der Waals surface area (Å²) in [6.45, 7) is 2.26. The van der Waals surface area contributed by atoms with Crippen LogP contribution in [-0.2, 0) is 16.1 Å². The zero-order valence-corrected chi connectivity index (χ0v) is 14.0. The van der Waals surface area contributed by atoms with Crippen LogP contribution in [0.1, 0.15) is 5.56 Å². The maximum atomic E-state index is 12.0. The van der Waals surface area contributed by atoms with Crippen LogP contribution in [0.3, 0.4) is 0 Å². The van der Waals surface area contributed by atoms with Crippen LogP contribution in [0, 0.1) is 0 Å². The third-order valence-corrected chi connectivity index (χ3v) is 3.75. The molecule has 1 aromatic carbocycles. The van der Waals surface area contributed by atoms with E-state index in [0.717, 1.165) is 17.9 Å². The Balaban J connectivity index is 1.52. The molecule has 1 aliphatic rings. The van der Waals surface area contributed by atoms with Gasteiger partial charge in [-0.3, -0.25) is 4.79 Å². The standard InChI is InChI=1S/C18H21N3O4/c1-23-14-3-2-4-15(9-14)25-17-6-5-13(10-20-17)11-21-18(22)16-12-19-7-8-24-16/h2-6,9-10,16,19H,7-8,11-12H2,1H3,(H,21,22). The van der Waals surface area contributed by atoms with Gasteiger partial charge < -0.3 is 24.8 Å². The lowest BCUT2D eigenvalue weighted by molar-refractivity contribution is -0.134. The van der Waals surface area contributed by atoms with E-state index in [0.29, 0.717) is 31.3 Å². The Morgan fingerprint density at radius 1 is 1.36 bits per heavy atom. The first-order chi connectivity index (χ1) is 12.2. The first-order valence-corrected chi connectivity index (χ1v) is 8.11. The van der Waals surface area contributed by atoms with Crippen molar-refractivity contribution in [3.05, 3.63) is 48.2 Å². The topological polar surface area (TPSA) is 81.7 Å². The molecule has 1 aliphatic heterocycles. The number of methoxy groups -OCH3 is 1. The molecule has 0 spiro atoms. The number of benzene rings is 1. The Morgan fingerprint density at radius 2 is 2.24 bits per heavy atom. The van der Waals surface area contributed by atoms with Gasteiger partial charge in [-0.05, 0) is 17.7 Å². The second-order valence-electron chi connectivity index (χ2n) is 5.57. The molecule has 1 fully saturated rings. The lowest BCUT2D eigenvalue weighted by atomic mass is 10.2. The first kappa shape index (κ1) is 17.2. The summed E-state index contributed by atoms with van der Waals surface area (Å²) < 4.78 is 16.3. The third kappa shape index (κ3) is 4.91. The molecule has 0 radical (unpaired) electrons. The summed E-state index contributed by atoms with van der Waals surface area (Å²) in [6, 6.07) is 10.9. The molecule has 25 heavy (non-hydrogen) atoms. The van der Waals surface area contributed by atoms with Crippen molar-refractivity contribution in [2.45, 2.75) is 12.6 Å². The molecule has 2 N–H and O–H groups in total. The van der Waals surface area contributed by atoms with Crippen LogP contribution in [0.4, 0.5) is 0 Å². The van der Waals surface area contributed by atoms with Crippen LogP contribution < -0.4 is 20.1 Å². The Bertz CT molecular complexity index is 700. The van der Waals surface area contributed by atoms with E-state index >= 15 is 0 Å². The van der Waals surface area contributed by atoms with Crippen molar-refractivity contribution >= 4 is 5.91 Å². The van der Waals surface area contributed by atoms with Gasteiger partial charge in [0.25, 0.3) is 5.91 Å². The number of hydrogen-bond donors (Lipinski definition) is 2. The van der Waals surface area contributed by atoms with Gasteiger partial charge in [-0.2, -0.15) is 0 Å². The summed E-state index contributed by atoms with van der Waals surface area (Å²) in [5.74, 6) is 1.72. The number of carbonyl (C=O) groups is 1. The van der Waals surface area contributed by atoms with Crippen molar-refractivity contribution in [2.75, 3.05) is 26.8 Å². The zero-order chi connectivity index (χ0) is 17.5. The molecule has 0 bridgehead atoms. The average Bonchev–Trinajstić information content (AvgIpc) is 2.68. The van der Waals surface area contributed by atoms with Crippen molar-refractivity contribution in [1.29, 1.82) is 0 Å². The number of ether oxygens (including phenoxy) is 3. The molecule has 2 heterocycles. The Labute approximate surface area is 146 Å². The summed E-state index contributed by atoms with van der Waals surface area (Å²) in [6.07, 6.45) is 1.24. The zero-order valence-electron chi connectivity index (χ0n) is 14.0. The highest BCUT2D eigenvalue weighted by Crippen LogP contribution is 2.23. The third-order valence-electron chi connectivity index (χ3n) is 3.75. The van der Waals surface area contributed by atoms with E-state index in [1.54, 1.807) is 25.4 Å². The number of nitrogens with zero attached hydrogens (tertiary/aromatic N) is 1. The van der Waals surface area contributed by atoms with Crippen molar-refractivity contribution in [3.63, 3.8) is 0 Å². The first-order valence-electron chi connectivity index (χ1n) is 8.11. The molecular weight excluding hydrogens is 322 g/mol. The van der Waals surface area contributed by atoms with Gasteiger partial charge in [0, 0.05) is 38.0 Å². The molecular formula is C18H21N3O4. The van der Waals surface area contributed by atoms with Gasteiger partial charge in [-0.1, -0.05) is 12.1 Å². The lowest BCUT2D eigenvalue weighted by Crippen LogP contribution is -2.47. The van der Waals surface area contributed by atoms with E-state index in [9.17, 15) is 4.79 Å². The predicted molar refractivity (Wildman–Crippen MR) is 91.8 cm³/mol. The Kier molecular flexibility index (Phi) is 5.81. The smallest absolute Gasteiger partial charge is 0.250 e. The highest BCUT2D eigenvalue weighted by molar-refractivity contribution is 5.81. The van der Waals surface area contributed by atoms with E-state index < -0.39 is 6.10 Å². The summed E-state index contributed by atoms with van der Waals surface area (Å²) in [7, 11) is 1.61. The van der Waals surface area contributed by atoms with E-state index in [1.807, 2.05) is 24.3 Å². The van der Waals surface area contributed by atoms with Gasteiger partial charge in [0.05, 0.1) is 13.7 Å². The van der Waals surface area contributed by atoms with Crippen LogP contribution >= 0.6 is 0 Å². The molecule has 1 aromatic heterocycles.